The van der Waals surface area contributed by atoms with Crippen LogP contribution < -0.4 is 10.6 Å². The minimum atomic E-state index is -0.432. The summed E-state index contributed by atoms with van der Waals surface area (Å²) in [7, 11) is 0. The monoisotopic (exact) mass is 1040 g/mol. The number of nitrogens with zero attached hydrogens (tertiary/aromatic N) is 2. The van der Waals surface area contributed by atoms with Gasteiger partial charge in [0.05, 0.1) is 35.7 Å². The number of ketones is 1. The first kappa shape index (κ1) is 44.5. The van der Waals surface area contributed by atoms with E-state index < -0.39 is 11.5 Å². The van der Waals surface area contributed by atoms with E-state index in [2.05, 4.69) is 142 Å². The molecule has 0 saturated carbocycles. The van der Waals surface area contributed by atoms with Crippen LogP contribution in [0.25, 0.3) is 94.1 Å². The van der Waals surface area contributed by atoms with Crippen molar-refractivity contribution in [3.63, 3.8) is 0 Å². The molecule has 12 aromatic rings. The molecule has 6 heteroatoms. The van der Waals surface area contributed by atoms with Gasteiger partial charge in [-0.05, 0) is 116 Å². The van der Waals surface area contributed by atoms with Crippen molar-refractivity contribution in [2.24, 2.45) is 0 Å². The van der Waals surface area contributed by atoms with E-state index in [0.29, 0.717) is 28.1 Å². The van der Waals surface area contributed by atoms with Crippen LogP contribution in [0.3, 0.4) is 0 Å². The average molecular weight is 1040 g/mol. The summed E-state index contributed by atoms with van der Waals surface area (Å²) >= 11 is 0. The molecule has 13 rings (SSSR count). The van der Waals surface area contributed by atoms with Gasteiger partial charge < -0.3 is 15.1 Å². The number of carbonyl (C=O) groups is 1. The Labute approximate surface area is 474 Å². The molecule has 0 saturated heterocycles. The average Bonchev–Trinajstić information content (AvgIpc) is 2.70. The summed E-state index contributed by atoms with van der Waals surface area (Å²) in [5.74, 6) is 0.521. The number of benzene rings is 9. The fourth-order valence-electron chi connectivity index (χ4n) is 11.2. The van der Waals surface area contributed by atoms with Crippen LogP contribution in [0.2, 0.25) is 0 Å². The lowest BCUT2D eigenvalue weighted by Gasteiger charge is -2.32. The molecule has 0 amide bonds. The van der Waals surface area contributed by atoms with Gasteiger partial charge in [0.25, 0.3) is 0 Å². The number of nitrogens with one attached hydrogen (secondary N) is 2. The number of carbonyl (C=O) groups excluding carboxylic acids is 1. The highest BCUT2D eigenvalue weighted by Gasteiger charge is 2.28. The number of hydrogen-bond donors (Lipinski definition) is 2. The fourth-order valence-corrected chi connectivity index (χ4v) is 11.2. The van der Waals surface area contributed by atoms with E-state index >= 15 is 0 Å². The molecule has 0 aliphatic heterocycles. The molecule has 0 spiro atoms. The van der Waals surface area contributed by atoms with Crippen molar-refractivity contribution < 1.29 is 16.1 Å². The third kappa shape index (κ3) is 9.36. The molecule has 2 unspecified atom stereocenters. The van der Waals surface area contributed by atoms with Crippen LogP contribution in [-0.4, -0.2) is 27.4 Å². The Morgan fingerprint density at radius 1 is 0.512 bits per heavy atom. The van der Waals surface area contributed by atoms with Gasteiger partial charge >= 0.3 is 0 Å². The Kier molecular flexibility index (Phi) is 11.1. The summed E-state index contributed by atoms with van der Waals surface area (Å²) in [6.07, 6.45) is 10.2. The number of para-hydroxylation sites is 2. The SMILES string of the molecule is [2H]c1c([2H])c([2H])c(-c2cc(-c3cc(C(C)(C)C)cc(-c4cccc(-c5ccccc5)c4)c3NC3C=CC=CC3Nc3cccc(C(=O)c4ccc5c6ccccc6n(-c6nccc7c6oc6ccccc67)c5c4)c3)cc(C(C)(C)C)c2)c([2H])c1[2H]. The standard InChI is InChI=1S/C74H62N4O2/c1-73(2,3)55-41-53(48-23-11-8-12-24-48)40-54(42-55)63-46-56(74(4,5)6)45-62(50-26-19-25-49(39-50)47-21-9-7-10-22-47)69(63)77-65-32-16-15-31-64(65)76-57-28-20-27-51(43-57)70(79)52-35-36-59-58-29-13-17-33-66(58)78(67(59)44-52)72-71-61(37-38-75-72)60-30-14-18-34-68(60)80-71/h7-46,64-65,76-77H,1-6H3/i8D,11D,12D,23D,24D. The predicted octanol–water partition coefficient (Wildman–Crippen LogP) is 19.0. The van der Waals surface area contributed by atoms with Crippen LogP contribution in [0.1, 0.15) is 75.4 Å². The highest BCUT2D eigenvalue weighted by Crippen LogP contribution is 2.45. The van der Waals surface area contributed by atoms with E-state index in [1.54, 1.807) is 0 Å². The van der Waals surface area contributed by atoms with E-state index in [4.69, 9.17) is 16.3 Å². The van der Waals surface area contributed by atoms with E-state index in [1.807, 2.05) is 128 Å². The van der Waals surface area contributed by atoms with Crippen molar-refractivity contribution in [3.8, 4) is 50.3 Å². The van der Waals surface area contributed by atoms with Crippen LogP contribution in [0, 0.1) is 0 Å². The first-order valence-corrected chi connectivity index (χ1v) is 27.3. The Balaban J connectivity index is 0.909. The van der Waals surface area contributed by atoms with Crippen LogP contribution in [-0.2, 0) is 10.8 Å². The van der Waals surface area contributed by atoms with Gasteiger partial charge in [0.2, 0.25) is 0 Å². The Hall–Kier alpha value is -9.52. The molecule has 80 heavy (non-hydrogen) atoms. The van der Waals surface area contributed by atoms with Crippen molar-refractivity contribution in [2.45, 2.75) is 64.5 Å². The number of pyridine rings is 1. The lowest BCUT2D eigenvalue weighted by molar-refractivity contribution is 0.103. The summed E-state index contributed by atoms with van der Waals surface area (Å²) < 4.78 is 52.7. The maximum atomic E-state index is 14.9. The highest BCUT2D eigenvalue weighted by molar-refractivity contribution is 6.16. The molecule has 1 aliphatic carbocycles. The van der Waals surface area contributed by atoms with Gasteiger partial charge in [-0.25, -0.2) is 4.98 Å². The van der Waals surface area contributed by atoms with Gasteiger partial charge in [0.1, 0.15) is 5.58 Å². The number of anilines is 2. The lowest BCUT2D eigenvalue weighted by atomic mass is 9.79. The molecule has 0 bridgehead atoms. The summed E-state index contributed by atoms with van der Waals surface area (Å²) in [5.41, 5.74) is 13.8. The maximum Gasteiger partial charge on any atom is 0.193 e. The number of rotatable bonds is 11. The quantitative estimate of drug-likeness (QED) is 0.126. The molecule has 6 nitrogen and oxygen atoms in total. The number of furan rings is 1. The molecule has 0 radical (unpaired) electrons. The zero-order chi connectivity index (χ0) is 59.1. The molecular weight excluding hydrogens is 977 g/mol. The fraction of sp³-hybridized carbons (Fsp3) is 0.135. The number of aromatic nitrogens is 2. The molecule has 2 atom stereocenters. The molecular formula is C74H62N4O2. The third-order valence-corrected chi connectivity index (χ3v) is 15.5. The van der Waals surface area contributed by atoms with Crippen molar-refractivity contribution in [1.29, 1.82) is 0 Å². The van der Waals surface area contributed by atoms with E-state index in [1.165, 1.54) is 0 Å². The van der Waals surface area contributed by atoms with Crippen LogP contribution in [0.5, 0.6) is 0 Å². The van der Waals surface area contributed by atoms with Crippen LogP contribution >= 0.6 is 0 Å². The van der Waals surface area contributed by atoms with E-state index in [9.17, 15) is 4.79 Å². The molecule has 3 heterocycles. The number of hydrogen-bond acceptors (Lipinski definition) is 5. The lowest BCUT2D eigenvalue weighted by Crippen LogP contribution is -2.38. The molecule has 3 aromatic heterocycles. The summed E-state index contributed by atoms with van der Waals surface area (Å²) in [6, 6.07) is 59.1. The van der Waals surface area contributed by atoms with Gasteiger partial charge in [0.15, 0.2) is 17.2 Å². The molecule has 390 valence electrons. The maximum absolute atomic E-state index is 14.9. The second kappa shape index (κ2) is 20.0. The van der Waals surface area contributed by atoms with Crippen molar-refractivity contribution in [2.75, 3.05) is 10.6 Å². The smallest absolute Gasteiger partial charge is 0.193 e. The van der Waals surface area contributed by atoms with Gasteiger partial charge in [-0.2, -0.15) is 0 Å². The largest absolute Gasteiger partial charge is 0.452 e. The predicted molar refractivity (Wildman–Crippen MR) is 334 cm³/mol. The van der Waals surface area contributed by atoms with Gasteiger partial charge in [0, 0.05) is 55.7 Å². The summed E-state index contributed by atoms with van der Waals surface area (Å²) in [5, 5.41) is 11.9. The summed E-state index contributed by atoms with van der Waals surface area (Å²) in [4.78, 5) is 19.8. The normalized spacial score (nSPS) is 15.4. The number of fused-ring (bicyclic) bond motifs is 6. The Morgan fingerprint density at radius 2 is 1.14 bits per heavy atom. The Bertz CT molecular complexity index is 4700. The Morgan fingerprint density at radius 3 is 1.93 bits per heavy atom. The zero-order valence-electron chi connectivity index (χ0n) is 50.6. The minimum absolute atomic E-state index is 0.127. The topological polar surface area (TPSA) is 72.1 Å². The number of allylic oxidation sites excluding steroid dienone is 2. The first-order valence-electron chi connectivity index (χ1n) is 29.8. The highest BCUT2D eigenvalue weighted by atomic mass is 16.3. The van der Waals surface area contributed by atoms with Crippen LogP contribution in [0.4, 0.5) is 11.4 Å². The molecule has 1 aliphatic rings. The van der Waals surface area contributed by atoms with Gasteiger partial charge in [-0.3, -0.25) is 9.36 Å². The minimum Gasteiger partial charge on any atom is -0.452 e. The second-order valence-corrected chi connectivity index (χ2v) is 22.9. The van der Waals surface area contributed by atoms with Crippen molar-refractivity contribution >= 4 is 60.9 Å². The molecule has 9 aromatic carbocycles. The van der Waals surface area contributed by atoms with Crippen LogP contribution in [0.15, 0.2) is 247 Å². The summed E-state index contributed by atoms with van der Waals surface area (Å²) in [6.45, 7) is 13.0. The van der Waals surface area contributed by atoms with Crippen molar-refractivity contribution in [1.82, 2.24) is 9.55 Å². The molecule has 2 N–H and O–H groups in total. The molecule has 0 fully saturated rings. The zero-order valence-corrected chi connectivity index (χ0v) is 45.6. The first-order chi connectivity index (χ1) is 40.9. The third-order valence-electron chi connectivity index (χ3n) is 15.5. The van der Waals surface area contributed by atoms with Crippen molar-refractivity contribution in [3.05, 3.63) is 265 Å². The van der Waals surface area contributed by atoms with Gasteiger partial charge in [-0.15, -0.1) is 0 Å². The van der Waals surface area contributed by atoms with Gasteiger partial charge in [-0.1, -0.05) is 217 Å². The van der Waals surface area contributed by atoms with E-state index in [-0.39, 0.29) is 53.0 Å². The second-order valence-electron chi connectivity index (χ2n) is 22.9. The van der Waals surface area contributed by atoms with E-state index in [0.717, 1.165) is 94.0 Å².